The highest BCUT2D eigenvalue weighted by Crippen LogP contribution is 2.43. The number of hydrogen-bond acceptors (Lipinski definition) is 18. The monoisotopic (exact) mass is 1500 g/mol. The summed E-state index contributed by atoms with van der Waals surface area (Å²) in [7, 11) is 7.41. The standard InChI is InChI=1S/C23H24N2O2S.C21H21N3O2S.C21H20N2O2S.C20H19N3O2S/c1-23(2,3)24-22-25(18-9-5-4-6-10-18)21(26)20(28-22)15-16-11-12-19-17(14-16)8-7-13-27-19;1-23(2)22-21-24(17-8-4-3-5-9-17)20(25)19(27-21)14-15-10-11-18-16(13-15)7-6-12-26-18;1-3-22-21-23(17-7-5-4-6-14(17)2)20(24)19(26-21)13-15-8-9-18-16(12-15)10-11-25-18;1-22(2)21-20-23(16-6-4-3-5-7-16)19(24)18(26-20)13-14-8-9-17-15(12-14)10-11-25-17/h4-6,9-12,14-15H,7-8,13H2,1-3H3;3-5,8-11,13-14H,6-7,12H2,1-2H3;4-9,12-13H,3,10-11H2,1-2H3;3-9,12-13H,10-11H2,1-2H3/b20-15-,24-22?;19-14-,22-21+;19-13-,22-21?;18-13-,21-20+. The minimum atomic E-state index is -0.270. The molecule has 0 aliphatic carbocycles. The summed E-state index contributed by atoms with van der Waals surface area (Å²) >= 11 is 5.67. The largest absolute Gasteiger partial charge is 0.493 e. The normalized spacial score (nSPS) is 19.4. The number of anilines is 4. The molecule has 4 amide bonds. The predicted octanol–water partition coefficient (Wildman–Crippen LogP) is 17.3. The summed E-state index contributed by atoms with van der Waals surface area (Å²) in [6.07, 6.45) is 13.7. The van der Waals surface area contributed by atoms with Gasteiger partial charge in [0.15, 0.2) is 20.7 Å². The lowest BCUT2D eigenvalue weighted by Crippen LogP contribution is -2.30. The number of nitrogens with zero attached hydrogens (tertiary/aromatic N) is 10. The van der Waals surface area contributed by atoms with Gasteiger partial charge in [-0.05, 0) is 273 Å². The number of ether oxygens (including phenoxy) is 4. The van der Waals surface area contributed by atoms with Crippen molar-refractivity contribution in [2.75, 3.05) is 80.8 Å². The van der Waals surface area contributed by atoms with Crippen molar-refractivity contribution in [2.24, 2.45) is 20.2 Å². The van der Waals surface area contributed by atoms with Crippen molar-refractivity contribution in [2.45, 2.75) is 78.7 Å². The van der Waals surface area contributed by atoms with Crippen LogP contribution in [0.4, 0.5) is 22.7 Å². The first-order chi connectivity index (χ1) is 51.8. The Kier molecular flexibility index (Phi) is 23.7. The number of rotatable bonds is 11. The summed E-state index contributed by atoms with van der Waals surface area (Å²) in [5.74, 6) is 3.64. The fourth-order valence-corrected chi connectivity index (χ4v) is 16.9. The van der Waals surface area contributed by atoms with Gasteiger partial charge in [-0.2, -0.15) is 10.2 Å². The van der Waals surface area contributed by atoms with Crippen molar-refractivity contribution in [3.8, 4) is 23.0 Å². The average molecular weight is 1500 g/mol. The smallest absolute Gasteiger partial charge is 0.271 e. The first-order valence-electron chi connectivity index (χ1n) is 35.7. The molecule has 8 aromatic rings. The molecule has 107 heavy (non-hydrogen) atoms. The molecule has 0 bridgehead atoms. The van der Waals surface area contributed by atoms with Crippen LogP contribution in [-0.2, 0) is 44.9 Å². The van der Waals surface area contributed by atoms with Gasteiger partial charge < -0.3 is 29.0 Å². The molecular formula is C85H84N10O8S4. The molecular weight excluding hydrogens is 1420 g/mol. The highest BCUT2D eigenvalue weighted by Gasteiger charge is 2.39. The van der Waals surface area contributed by atoms with Crippen LogP contribution in [0.3, 0.4) is 0 Å². The third-order valence-corrected chi connectivity index (χ3v) is 21.3. The lowest BCUT2D eigenvalue weighted by molar-refractivity contribution is -0.114. The molecule has 22 heteroatoms. The lowest BCUT2D eigenvalue weighted by atomic mass is 10.0. The van der Waals surface area contributed by atoms with Crippen molar-refractivity contribution in [1.82, 2.24) is 10.0 Å². The summed E-state index contributed by atoms with van der Waals surface area (Å²) < 4.78 is 22.5. The number of hydrazone groups is 2. The Bertz CT molecular complexity index is 4950. The first kappa shape index (κ1) is 74.7. The van der Waals surface area contributed by atoms with Crippen LogP contribution in [0.1, 0.15) is 90.6 Å². The highest BCUT2D eigenvalue weighted by atomic mass is 32.2. The second kappa shape index (κ2) is 33.9. The van der Waals surface area contributed by atoms with Crippen LogP contribution < -0.4 is 38.5 Å². The molecule has 18 nitrogen and oxygen atoms in total. The van der Waals surface area contributed by atoms with Crippen molar-refractivity contribution < 1.29 is 38.1 Å². The fourth-order valence-electron chi connectivity index (χ4n) is 12.6. The number of aryl methyl sites for hydroxylation is 3. The Balaban J connectivity index is 0.000000126. The zero-order valence-corrected chi connectivity index (χ0v) is 64.6. The van der Waals surface area contributed by atoms with Gasteiger partial charge in [0, 0.05) is 47.6 Å². The molecule has 8 aromatic carbocycles. The van der Waals surface area contributed by atoms with E-state index in [-0.39, 0.29) is 29.2 Å². The Hall–Kier alpha value is -10.5. The quantitative estimate of drug-likeness (QED) is 0.0883. The van der Waals surface area contributed by atoms with Crippen LogP contribution >= 0.6 is 47.0 Å². The number of benzene rings is 8. The maximum absolute atomic E-state index is 13.2. The van der Waals surface area contributed by atoms with E-state index in [1.165, 1.54) is 69.3 Å². The lowest BCUT2D eigenvalue weighted by Gasteiger charge is -2.19. The van der Waals surface area contributed by atoms with Crippen molar-refractivity contribution in [3.63, 3.8) is 0 Å². The minimum Gasteiger partial charge on any atom is -0.493 e. The molecule has 0 radical (unpaired) electrons. The van der Waals surface area contributed by atoms with Crippen molar-refractivity contribution in [1.29, 1.82) is 0 Å². The SMILES string of the molecule is CC(C)(C)N=C1S/C(=C\c2ccc3c(c2)CCCO3)C(=O)N1c1ccccc1.CCN=C1S/C(=C\c2ccc3c(c2)CCO3)C(=O)N1c1ccccc1C.CN(C)/N=C1/S/C(=C\c2ccc3c(c2)CCCO3)C(=O)N1c1ccccc1.CN(C)/N=C1/S/C(=C\c2ccc3c(c2)CCO3)C(=O)N1c1ccccc1. The van der Waals surface area contributed by atoms with E-state index in [0.717, 1.165) is 149 Å². The maximum atomic E-state index is 13.2. The van der Waals surface area contributed by atoms with Crippen molar-refractivity contribution >= 4 is 138 Å². The second-order valence-corrected chi connectivity index (χ2v) is 31.2. The summed E-state index contributed by atoms with van der Waals surface area (Å²) in [5.41, 5.74) is 13.0. The van der Waals surface area contributed by atoms with Gasteiger partial charge in [0.2, 0.25) is 0 Å². The zero-order valence-electron chi connectivity index (χ0n) is 61.4. The van der Waals surface area contributed by atoms with Crippen LogP contribution in [0, 0.1) is 6.92 Å². The van der Waals surface area contributed by atoms with Gasteiger partial charge in [0.25, 0.3) is 23.6 Å². The third kappa shape index (κ3) is 18.1. The Morgan fingerprint density at radius 2 is 0.729 bits per heavy atom. The van der Waals surface area contributed by atoms with Crippen LogP contribution in [0.25, 0.3) is 24.3 Å². The van der Waals surface area contributed by atoms with Crippen LogP contribution in [0.15, 0.2) is 228 Å². The van der Waals surface area contributed by atoms with E-state index in [9.17, 15) is 19.2 Å². The number of amidine groups is 4. The van der Waals surface area contributed by atoms with E-state index in [2.05, 4.69) is 39.5 Å². The topological polar surface area (TPSA) is 174 Å². The van der Waals surface area contributed by atoms with Gasteiger partial charge in [0.1, 0.15) is 23.0 Å². The molecule has 0 N–H and O–H groups in total. The molecule has 4 fully saturated rings. The van der Waals surface area contributed by atoms with Gasteiger partial charge in [-0.3, -0.25) is 48.8 Å². The number of hydrogen-bond donors (Lipinski definition) is 0. The number of carbonyl (C=O) groups excluding carboxylic acids is 4. The summed E-state index contributed by atoms with van der Waals surface area (Å²) in [5, 5.41) is 15.2. The molecule has 0 atom stereocenters. The van der Waals surface area contributed by atoms with E-state index < -0.39 is 0 Å². The van der Waals surface area contributed by atoms with Gasteiger partial charge in [-0.25, -0.2) is 0 Å². The molecule has 0 unspecified atom stereocenters. The average Bonchev–Trinajstić information content (AvgIpc) is 1.67. The number of amides is 4. The van der Waals surface area contributed by atoms with E-state index in [1.807, 2.05) is 251 Å². The van der Waals surface area contributed by atoms with Gasteiger partial charge in [-0.15, -0.1) is 0 Å². The number of aliphatic imine (C=N–C) groups is 2. The highest BCUT2D eigenvalue weighted by molar-refractivity contribution is 8.20. The first-order valence-corrected chi connectivity index (χ1v) is 38.9. The molecule has 8 aliphatic heterocycles. The number of para-hydroxylation sites is 4. The Labute approximate surface area is 642 Å². The molecule has 8 aliphatic rings. The molecule has 16 rings (SSSR count). The maximum Gasteiger partial charge on any atom is 0.271 e. The van der Waals surface area contributed by atoms with Crippen LogP contribution in [0.2, 0.25) is 0 Å². The molecule has 0 saturated carbocycles. The summed E-state index contributed by atoms with van der Waals surface area (Å²) in [6, 6.07) is 61.2. The summed E-state index contributed by atoms with van der Waals surface area (Å²) in [6.45, 7) is 13.8. The van der Waals surface area contributed by atoms with Crippen LogP contribution in [0.5, 0.6) is 23.0 Å². The predicted molar refractivity (Wildman–Crippen MR) is 442 cm³/mol. The minimum absolute atomic E-state index is 0.0201. The molecule has 4 saturated heterocycles. The number of carbonyl (C=O) groups is 4. The van der Waals surface area contributed by atoms with E-state index >= 15 is 0 Å². The Morgan fingerprint density at radius 3 is 1.09 bits per heavy atom. The van der Waals surface area contributed by atoms with E-state index in [0.29, 0.717) is 36.5 Å². The van der Waals surface area contributed by atoms with Gasteiger partial charge in [-0.1, -0.05) is 97.1 Å². The van der Waals surface area contributed by atoms with Gasteiger partial charge in [0.05, 0.1) is 74.3 Å². The molecule has 0 spiro atoms. The zero-order chi connectivity index (χ0) is 74.7. The Morgan fingerprint density at radius 1 is 0.402 bits per heavy atom. The second-order valence-electron chi connectivity index (χ2n) is 27.1. The van der Waals surface area contributed by atoms with Crippen LogP contribution in [-0.4, -0.2) is 121 Å². The van der Waals surface area contributed by atoms with E-state index in [4.69, 9.17) is 23.9 Å². The number of thioether (sulfide) groups is 4. The van der Waals surface area contributed by atoms with Crippen molar-refractivity contribution in [3.05, 3.63) is 258 Å². The molecule has 0 aromatic heterocycles. The van der Waals surface area contributed by atoms with Gasteiger partial charge >= 0.3 is 0 Å². The third-order valence-electron chi connectivity index (χ3n) is 17.4. The summed E-state index contributed by atoms with van der Waals surface area (Å²) in [4.78, 5) is 71.3. The number of fused-ring (bicyclic) bond motifs is 4. The fraction of sp³-hybridized carbons (Fsp3) is 0.247. The molecule has 8 heterocycles. The van der Waals surface area contributed by atoms with E-state index in [1.54, 1.807) is 29.6 Å². The molecule has 546 valence electrons.